The zero-order valence-corrected chi connectivity index (χ0v) is 13.0. The number of aromatic nitrogens is 2. The van der Waals surface area contributed by atoms with Crippen molar-refractivity contribution in [3.8, 4) is 5.75 Å². The summed E-state index contributed by atoms with van der Waals surface area (Å²) in [4.78, 5) is 12.7. The maximum atomic E-state index is 12.7. The first-order chi connectivity index (χ1) is 10.1. The number of carbonyl (C=O) groups excluding carboxylic acids is 1. The zero-order chi connectivity index (χ0) is 15.4. The third-order valence-electron chi connectivity index (χ3n) is 3.12. The third-order valence-corrected chi connectivity index (χ3v) is 3.40. The number of ether oxygens (including phenoxy) is 2. The molecule has 2 rings (SSSR count). The standard InChI is InChI=1S/C15H17ClN2O3/c1-10-4-5-11(13(8-10)21-3)15(19)14-12(16)9-17-18(14)6-7-20-2/h4-5,8-9H,6-7H2,1-3H3. The molecule has 0 saturated heterocycles. The van der Waals surface area contributed by atoms with Gasteiger partial charge in [-0.05, 0) is 24.6 Å². The van der Waals surface area contributed by atoms with Gasteiger partial charge in [-0.15, -0.1) is 0 Å². The number of carbonyl (C=O) groups is 1. The second-order valence-electron chi connectivity index (χ2n) is 4.59. The van der Waals surface area contributed by atoms with Crippen molar-refractivity contribution in [3.05, 3.63) is 46.2 Å². The van der Waals surface area contributed by atoms with Crippen molar-refractivity contribution in [1.29, 1.82) is 0 Å². The fraction of sp³-hybridized carbons (Fsp3) is 0.333. The molecule has 5 nitrogen and oxygen atoms in total. The molecule has 1 aromatic heterocycles. The molecular formula is C15H17ClN2O3. The van der Waals surface area contributed by atoms with Crippen LogP contribution >= 0.6 is 11.6 Å². The van der Waals surface area contributed by atoms with Crippen LogP contribution in [0.5, 0.6) is 5.75 Å². The fourth-order valence-electron chi connectivity index (χ4n) is 2.05. The van der Waals surface area contributed by atoms with Crippen molar-refractivity contribution >= 4 is 17.4 Å². The minimum absolute atomic E-state index is 0.217. The van der Waals surface area contributed by atoms with Crippen molar-refractivity contribution in [3.63, 3.8) is 0 Å². The average molecular weight is 309 g/mol. The molecule has 0 aliphatic carbocycles. The highest BCUT2D eigenvalue weighted by Crippen LogP contribution is 2.26. The summed E-state index contributed by atoms with van der Waals surface area (Å²) >= 11 is 6.11. The van der Waals surface area contributed by atoms with E-state index in [-0.39, 0.29) is 5.78 Å². The molecule has 0 aliphatic rings. The van der Waals surface area contributed by atoms with Crippen LogP contribution in [0.4, 0.5) is 0 Å². The van der Waals surface area contributed by atoms with Gasteiger partial charge in [0, 0.05) is 7.11 Å². The second kappa shape index (κ2) is 6.74. The molecular weight excluding hydrogens is 292 g/mol. The molecule has 2 aromatic rings. The largest absolute Gasteiger partial charge is 0.496 e. The van der Waals surface area contributed by atoms with Gasteiger partial charge >= 0.3 is 0 Å². The summed E-state index contributed by atoms with van der Waals surface area (Å²) < 4.78 is 11.9. The summed E-state index contributed by atoms with van der Waals surface area (Å²) in [6.45, 7) is 2.84. The highest BCUT2D eigenvalue weighted by molar-refractivity contribution is 6.34. The lowest BCUT2D eigenvalue weighted by Gasteiger charge is -2.10. The van der Waals surface area contributed by atoms with Crippen molar-refractivity contribution in [1.82, 2.24) is 9.78 Å². The first kappa shape index (κ1) is 15.5. The van der Waals surface area contributed by atoms with Gasteiger partial charge in [0.2, 0.25) is 5.78 Å². The number of nitrogens with zero attached hydrogens (tertiary/aromatic N) is 2. The van der Waals surface area contributed by atoms with E-state index in [0.29, 0.717) is 35.2 Å². The maximum Gasteiger partial charge on any atom is 0.216 e. The highest BCUT2D eigenvalue weighted by Gasteiger charge is 2.22. The Labute approximate surface area is 128 Å². The fourth-order valence-corrected chi connectivity index (χ4v) is 2.28. The molecule has 0 radical (unpaired) electrons. The van der Waals surface area contributed by atoms with Crippen LogP contribution in [0.1, 0.15) is 21.6 Å². The van der Waals surface area contributed by atoms with E-state index in [9.17, 15) is 4.79 Å². The summed E-state index contributed by atoms with van der Waals surface area (Å²) in [5, 5.41) is 4.43. The maximum absolute atomic E-state index is 12.7. The van der Waals surface area contributed by atoms with Gasteiger partial charge in [0.25, 0.3) is 0 Å². The zero-order valence-electron chi connectivity index (χ0n) is 12.2. The molecule has 6 heteroatoms. The van der Waals surface area contributed by atoms with Gasteiger partial charge in [0.05, 0.1) is 37.0 Å². The number of hydrogen-bond acceptors (Lipinski definition) is 4. The highest BCUT2D eigenvalue weighted by atomic mass is 35.5. The summed E-state index contributed by atoms with van der Waals surface area (Å²) in [5.41, 5.74) is 1.82. The monoisotopic (exact) mass is 308 g/mol. The average Bonchev–Trinajstić information content (AvgIpc) is 2.85. The molecule has 1 aromatic carbocycles. The van der Waals surface area contributed by atoms with Crippen molar-refractivity contribution in [2.75, 3.05) is 20.8 Å². The summed E-state index contributed by atoms with van der Waals surface area (Å²) in [6.07, 6.45) is 1.46. The minimum Gasteiger partial charge on any atom is -0.496 e. The molecule has 0 bridgehead atoms. The van der Waals surface area contributed by atoms with Gasteiger partial charge in [-0.3, -0.25) is 9.48 Å². The van der Waals surface area contributed by atoms with E-state index >= 15 is 0 Å². The molecule has 0 amide bonds. The van der Waals surface area contributed by atoms with E-state index in [4.69, 9.17) is 21.1 Å². The number of benzene rings is 1. The second-order valence-corrected chi connectivity index (χ2v) is 5.00. The molecule has 0 spiro atoms. The van der Waals surface area contributed by atoms with E-state index in [2.05, 4.69) is 5.10 Å². The minimum atomic E-state index is -0.217. The first-order valence-electron chi connectivity index (χ1n) is 6.48. The van der Waals surface area contributed by atoms with Crippen LogP contribution < -0.4 is 4.74 Å². The Bertz CT molecular complexity index is 652. The lowest BCUT2D eigenvalue weighted by Crippen LogP contribution is -2.15. The number of halogens is 1. The Morgan fingerprint density at radius 2 is 2.14 bits per heavy atom. The summed E-state index contributed by atoms with van der Waals surface area (Å²) in [7, 11) is 3.13. The molecule has 0 saturated carbocycles. The molecule has 0 fully saturated rings. The van der Waals surface area contributed by atoms with Crippen molar-refractivity contribution < 1.29 is 14.3 Å². The molecule has 1 heterocycles. The smallest absolute Gasteiger partial charge is 0.216 e. The Balaban J connectivity index is 2.43. The molecule has 112 valence electrons. The Hall–Kier alpha value is -1.85. The molecule has 0 aliphatic heterocycles. The van der Waals surface area contributed by atoms with Crippen molar-refractivity contribution in [2.45, 2.75) is 13.5 Å². The van der Waals surface area contributed by atoms with E-state index in [1.807, 2.05) is 19.1 Å². The summed E-state index contributed by atoms with van der Waals surface area (Å²) in [6, 6.07) is 5.41. The van der Waals surface area contributed by atoms with E-state index in [1.165, 1.54) is 13.3 Å². The molecule has 0 N–H and O–H groups in total. The number of ketones is 1. The topological polar surface area (TPSA) is 53.4 Å². The van der Waals surface area contributed by atoms with Crippen LogP contribution in [-0.2, 0) is 11.3 Å². The van der Waals surface area contributed by atoms with Gasteiger partial charge in [0.1, 0.15) is 11.4 Å². The normalized spacial score (nSPS) is 10.7. The lowest BCUT2D eigenvalue weighted by molar-refractivity contribution is 0.102. The SMILES string of the molecule is COCCn1ncc(Cl)c1C(=O)c1ccc(C)cc1OC. The van der Waals surface area contributed by atoms with Crippen LogP contribution in [0, 0.1) is 6.92 Å². The van der Waals surface area contributed by atoms with Gasteiger partial charge in [0.15, 0.2) is 0 Å². The number of aryl methyl sites for hydroxylation is 1. The first-order valence-corrected chi connectivity index (χ1v) is 6.86. The van der Waals surface area contributed by atoms with Gasteiger partial charge < -0.3 is 9.47 Å². The molecule has 0 atom stereocenters. The third kappa shape index (κ3) is 3.25. The Kier molecular flexibility index (Phi) is 4.98. The van der Waals surface area contributed by atoms with Crippen molar-refractivity contribution in [2.24, 2.45) is 0 Å². The van der Waals surface area contributed by atoms with Crippen LogP contribution in [0.25, 0.3) is 0 Å². The predicted octanol–water partition coefficient (Wildman–Crippen LogP) is 2.73. The van der Waals surface area contributed by atoms with E-state index in [1.54, 1.807) is 17.9 Å². The van der Waals surface area contributed by atoms with E-state index < -0.39 is 0 Å². The van der Waals surface area contributed by atoms with Crippen LogP contribution in [0.15, 0.2) is 24.4 Å². The number of rotatable bonds is 6. The van der Waals surface area contributed by atoms with Crippen LogP contribution in [0.3, 0.4) is 0 Å². The summed E-state index contributed by atoms with van der Waals surface area (Å²) in [5.74, 6) is 0.306. The van der Waals surface area contributed by atoms with Crippen LogP contribution in [0.2, 0.25) is 5.02 Å². The number of hydrogen-bond donors (Lipinski definition) is 0. The lowest BCUT2D eigenvalue weighted by atomic mass is 10.0. The Morgan fingerprint density at radius 3 is 2.81 bits per heavy atom. The molecule has 0 unspecified atom stereocenters. The van der Waals surface area contributed by atoms with Gasteiger partial charge in [-0.2, -0.15) is 5.10 Å². The Morgan fingerprint density at radius 1 is 1.38 bits per heavy atom. The van der Waals surface area contributed by atoms with Gasteiger partial charge in [-0.1, -0.05) is 17.7 Å². The predicted molar refractivity (Wildman–Crippen MR) is 80.3 cm³/mol. The number of methoxy groups -OCH3 is 2. The quantitative estimate of drug-likeness (QED) is 0.770. The molecule has 21 heavy (non-hydrogen) atoms. The van der Waals surface area contributed by atoms with Crippen LogP contribution in [-0.4, -0.2) is 36.4 Å². The van der Waals surface area contributed by atoms with Gasteiger partial charge in [-0.25, -0.2) is 0 Å². The van der Waals surface area contributed by atoms with E-state index in [0.717, 1.165) is 5.56 Å².